The molecule has 1 amide bonds. The van der Waals surface area contributed by atoms with Gasteiger partial charge in [0.25, 0.3) is 5.91 Å². The fraction of sp³-hybridized carbons (Fsp3) is 0.529. The van der Waals surface area contributed by atoms with Crippen LogP contribution in [-0.4, -0.2) is 41.0 Å². The van der Waals surface area contributed by atoms with Gasteiger partial charge in [0.15, 0.2) is 0 Å². The summed E-state index contributed by atoms with van der Waals surface area (Å²) in [7, 11) is -0.930. The molecule has 0 heterocycles. The highest BCUT2D eigenvalue weighted by atomic mass is 32.2. The van der Waals surface area contributed by atoms with Crippen molar-refractivity contribution in [2.45, 2.75) is 44.4 Å². The molecule has 0 spiro atoms. The topological polar surface area (TPSA) is 102 Å². The van der Waals surface area contributed by atoms with Crippen LogP contribution >= 0.6 is 0 Å². The Labute approximate surface area is 149 Å². The number of hydrogen-bond donors (Lipinski definition) is 2. The van der Waals surface area contributed by atoms with Crippen molar-refractivity contribution in [1.82, 2.24) is 10.0 Å². The van der Waals surface area contributed by atoms with Gasteiger partial charge in [0.1, 0.15) is 0 Å². The van der Waals surface area contributed by atoms with Gasteiger partial charge in [0, 0.05) is 18.5 Å². The quantitative estimate of drug-likeness (QED) is 0.509. The molecule has 25 heavy (non-hydrogen) atoms. The number of benzene rings is 1. The second kappa shape index (κ2) is 9.53. The number of amides is 1. The van der Waals surface area contributed by atoms with Crippen molar-refractivity contribution in [3.05, 3.63) is 28.8 Å². The Hall–Kier alpha value is -1.93. The number of carbonyl (C=O) groups excluding carboxylic acids is 2. The molecule has 1 rings (SSSR count). The Morgan fingerprint density at radius 3 is 2.40 bits per heavy atom. The summed E-state index contributed by atoms with van der Waals surface area (Å²) in [6.07, 6.45) is 2.60. The Morgan fingerprint density at radius 1 is 1.12 bits per heavy atom. The first kappa shape index (κ1) is 21.1. The molecular weight excluding hydrogens is 344 g/mol. The zero-order valence-electron chi connectivity index (χ0n) is 15.1. The Morgan fingerprint density at radius 2 is 1.80 bits per heavy atom. The summed E-state index contributed by atoms with van der Waals surface area (Å²) >= 11 is 0. The molecule has 0 aliphatic heterocycles. The fourth-order valence-electron chi connectivity index (χ4n) is 2.32. The first-order valence-corrected chi connectivity index (χ1v) is 9.61. The van der Waals surface area contributed by atoms with E-state index in [1.165, 1.54) is 20.2 Å². The molecule has 0 saturated heterocycles. The second-order valence-electron chi connectivity index (χ2n) is 5.77. The van der Waals surface area contributed by atoms with Gasteiger partial charge in [-0.2, -0.15) is 0 Å². The molecule has 140 valence electrons. The number of unbranched alkanes of at least 4 members (excludes halogenated alkanes) is 2. The molecule has 1 aromatic carbocycles. The van der Waals surface area contributed by atoms with E-state index in [1.54, 1.807) is 19.9 Å². The Bertz CT molecular complexity index is 729. The fourth-order valence-corrected chi connectivity index (χ4v) is 3.39. The lowest BCUT2D eigenvalue weighted by atomic mass is 10.1. The molecule has 0 fully saturated rings. The van der Waals surface area contributed by atoms with Crippen LogP contribution in [0.3, 0.4) is 0 Å². The monoisotopic (exact) mass is 370 g/mol. The maximum absolute atomic E-state index is 12.3. The van der Waals surface area contributed by atoms with Gasteiger partial charge in [-0.3, -0.25) is 9.59 Å². The average molecular weight is 370 g/mol. The number of esters is 1. The van der Waals surface area contributed by atoms with Crippen LogP contribution in [0, 0.1) is 13.8 Å². The minimum absolute atomic E-state index is 0.109. The maximum Gasteiger partial charge on any atom is 0.305 e. The first-order chi connectivity index (χ1) is 11.7. The van der Waals surface area contributed by atoms with Crippen molar-refractivity contribution < 1.29 is 22.7 Å². The van der Waals surface area contributed by atoms with Gasteiger partial charge in [0.05, 0.1) is 12.0 Å². The number of methoxy groups -OCH3 is 1. The SMILES string of the molecule is CNS(=O)(=O)c1cc(C(=O)NCCCCCC(=O)OC)cc(C)c1C. The third-order valence-corrected chi connectivity index (χ3v) is 5.55. The predicted octanol–water partition coefficient (Wildman–Crippen LogP) is 1.67. The molecule has 0 aliphatic rings. The summed E-state index contributed by atoms with van der Waals surface area (Å²) in [6.45, 7) is 3.94. The molecule has 0 bridgehead atoms. The average Bonchev–Trinajstić information content (AvgIpc) is 2.59. The molecule has 0 unspecified atom stereocenters. The molecule has 7 nitrogen and oxygen atoms in total. The van der Waals surface area contributed by atoms with Gasteiger partial charge in [-0.15, -0.1) is 0 Å². The largest absolute Gasteiger partial charge is 0.469 e. The van der Waals surface area contributed by atoms with Crippen molar-refractivity contribution in [2.24, 2.45) is 0 Å². The minimum Gasteiger partial charge on any atom is -0.469 e. The number of aryl methyl sites for hydroxylation is 1. The third-order valence-electron chi connectivity index (χ3n) is 4.01. The first-order valence-electron chi connectivity index (χ1n) is 8.12. The molecule has 0 aliphatic carbocycles. The smallest absolute Gasteiger partial charge is 0.305 e. The van der Waals surface area contributed by atoms with Crippen LogP contribution in [0.25, 0.3) is 0 Å². The van der Waals surface area contributed by atoms with Gasteiger partial charge in [-0.05, 0) is 57.0 Å². The van der Waals surface area contributed by atoms with E-state index in [1.807, 2.05) is 0 Å². The van der Waals surface area contributed by atoms with E-state index >= 15 is 0 Å². The van der Waals surface area contributed by atoms with Gasteiger partial charge < -0.3 is 10.1 Å². The van der Waals surface area contributed by atoms with Crippen molar-refractivity contribution in [3.8, 4) is 0 Å². The summed E-state index contributed by atoms with van der Waals surface area (Å²) in [5.74, 6) is -0.555. The summed E-state index contributed by atoms with van der Waals surface area (Å²) in [6, 6.07) is 3.07. The molecule has 0 saturated carbocycles. The van der Waals surface area contributed by atoms with Crippen LogP contribution in [0.15, 0.2) is 17.0 Å². The minimum atomic E-state index is -3.62. The molecule has 0 radical (unpaired) electrons. The zero-order valence-corrected chi connectivity index (χ0v) is 16.0. The molecule has 8 heteroatoms. The Balaban J connectivity index is 2.66. The molecule has 0 atom stereocenters. The normalized spacial score (nSPS) is 11.2. The van der Waals surface area contributed by atoms with Gasteiger partial charge in [0.2, 0.25) is 10.0 Å². The van der Waals surface area contributed by atoms with Crippen LogP contribution in [0.2, 0.25) is 0 Å². The molecule has 2 N–H and O–H groups in total. The van der Waals surface area contributed by atoms with Crippen LogP contribution in [0.1, 0.15) is 47.2 Å². The number of nitrogens with one attached hydrogen (secondary N) is 2. The van der Waals surface area contributed by atoms with Crippen LogP contribution in [0.4, 0.5) is 0 Å². The standard InChI is InChI=1S/C17H26N2O5S/c1-12-10-14(11-15(13(12)2)25(22,23)18-3)17(21)19-9-7-5-6-8-16(20)24-4/h10-11,18H,5-9H2,1-4H3,(H,19,21). The van der Waals surface area contributed by atoms with E-state index in [0.29, 0.717) is 30.5 Å². The van der Waals surface area contributed by atoms with Crippen LogP contribution < -0.4 is 10.0 Å². The van der Waals surface area contributed by atoms with Gasteiger partial charge in [-0.1, -0.05) is 6.42 Å². The highest BCUT2D eigenvalue weighted by Gasteiger charge is 2.19. The maximum atomic E-state index is 12.3. The third kappa shape index (κ3) is 6.13. The highest BCUT2D eigenvalue weighted by molar-refractivity contribution is 7.89. The number of carbonyl (C=O) groups is 2. The highest BCUT2D eigenvalue weighted by Crippen LogP contribution is 2.21. The number of sulfonamides is 1. The van der Waals surface area contributed by atoms with Crippen molar-refractivity contribution >= 4 is 21.9 Å². The lowest BCUT2D eigenvalue weighted by Crippen LogP contribution is -2.26. The molecular formula is C17H26N2O5S. The summed E-state index contributed by atoms with van der Waals surface area (Å²) in [5, 5.41) is 2.77. The van der Waals surface area contributed by atoms with Crippen LogP contribution in [0.5, 0.6) is 0 Å². The number of hydrogen-bond acceptors (Lipinski definition) is 5. The van der Waals surface area contributed by atoms with E-state index in [9.17, 15) is 18.0 Å². The van der Waals surface area contributed by atoms with E-state index in [-0.39, 0.29) is 16.8 Å². The lowest BCUT2D eigenvalue weighted by Gasteiger charge is -2.12. The predicted molar refractivity (Wildman–Crippen MR) is 95.0 cm³/mol. The van der Waals surface area contributed by atoms with Gasteiger partial charge in [-0.25, -0.2) is 13.1 Å². The number of ether oxygens (including phenoxy) is 1. The van der Waals surface area contributed by atoms with Crippen molar-refractivity contribution in [1.29, 1.82) is 0 Å². The van der Waals surface area contributed by atoms with Crippen molar-refractivity contribution in [2.75, 3.05) is 20.7 Å². The van der Waals surface area contributed by atoms with E-state index < -0.39 is 10.0 Å². The molecule has 0 aromatic heterocycles. The summed E-state index contributed by atoms with van der Waals surface area (Å²) < 4.78 is 31.0. The summed E-state index contributed by atoms with van der Waals surface area (Å²) in [5.41, 5.74) is 1.67. The second-order valence-corrected chi connectivity index (χ2v) is 7.62. The lowest BCUT2D eigenvalue weighted by molar-refractivity contribution is -0.140. The van der Waals surface area contributed by atoms with E-state index in [4.69, 9.17) is 0 Å². The van der Waals surface area contributed by atoms with Crippen molar-refractivity contribution in [3.63, 3.8) is 0 Å². The van der Waals surface area contributed by atoms with E-state index in [2.05, 4.69) is 14.8 Å². The van der Waals surface area contributed by atoms with Crippen LogP contribution in [-0.2, 0) is 19.6 Å². The van der Waals surface area contributed by atoms with E-state index in [0.717, 1.165) is 18.4 Å². The zero-order chi connectivity index (χ0) is 19.0. The molecule has 1 aromatic rings. The summed E-state index contributed by atoms with van der Waals surface area (Å²) in [4.78, 5) is 23.4. The number of rotatable bonds is 9. The Kier molecular flexibility index (Phi) is 8.05. The van der Waals surface area contributed by atoms with Gasteiger partial charge >= 0.3 is 5.97 Å².